The number of anilines is 2. The Bertz CT molecular complexity index is 953. The van der Waals surface area contributed by atoms with Gasteiger partial charge in [0.2, 0.25) is 0 Å². The molecule has 1 aliphatic heterocycles. The molecule has 0 atom stereocenters. The SMILES string of the molecule is CC1=NN(c2cccc(Cl)c2)C(=O)/C1=C/N(C)c1ccccc1C(=O)O. The monoisotopic (exact) mass is 369 g/mol. The fraction of sp³-hybridized carbons (Fsp3) is 0.105. The molecule has 0 saturated carbocycles. The van der Waals surface area contributed by atoms with Crippen molar-refractivity contribution in [3.05, 3.63) is 70.9 Å². The Balaban J connectivity index is 1.94. The molecule has 0 spiro atoms. The standard InChI is InChI=1S/C19H16ClN3O3/c1-12-16(11-22(2)17-9-4-3-8-15(17)19(25)26)18(24)23(21-12)14-7-5-6-13(20)10-14/h3-11H,1-2H3,(H,25,26)/b16-11+. The first-order chi connectivity index (χ1) is 12.4. The lowest BCUT2D eigenvalue weighted by molar-refractivity contribution is -0.114. The highest BCUT2D eigenvalue weighted by Gasteiger charge is 2.29. The van der Waals surface area contributed by atoms with Crippen LogP contribution in [0.2, 0.25) is 5.02 Å². The second-order valence-electron chi connectivity index (χ2n) is 5.76. The summed E-state index contributed by atoms with van der Waals surface area (Å²) < 4.78 is 0. The summed E-state index contributed by atoms with van der Waals surface area (Å²) in [5.41, 5.74) is 2.12. The Kier molecular flexibility index (Phi) is 4.77. The number of hydrogen-bond donors (Lipinski definition) is 1. The van der Waals surface area contributed by atoms with Crippen molar-refractivity contribution in [3.8, 4) is 0 Å². The molecule has 7 heteroatoms. The van der Waals surface area contributed by atoms with E-state index < -0.39 is 5.97 Å². The third-order valence-corrected chi connectivity index (χ3v) is 4.19. The van der Waals surface area contributed by atoms with Gasteiger partial charge in [-0.1, -0.05) is 29.8 Å². The molecule has 0 aromatic heterocycles. The van der Waals surface area contributed by atoms with Gasteiger partial charge in [-0.3, -0.25) is 4.79 Å². The van der Waals surface area contributed by atoms with E-state index >= 15 is 0 Å². The number of carboxylic acids is 1. The van der Waals surface area contributed by atoms with E-state index in [1.54, 1.807) is 67.5 Å². The Morgan fingerprint density at radius 3 is 2.65 bits per heavy atom. The molecule has 132 valence electrons. The number of rotatable bonds is 4. The van der Waals surface area contributed by atoms with Crippen molar-refractivity contribution in [2.75, 3.05) is 17.0 Å². The predicted octanol–water partition coefficient (Wildman–Crippen LogP) is 3.78. The maximum absolute atomic E-state index is 12.8. The van der Waals surface area contributed by atoms with Crippen LogP contribution in [0.4, 0.5) is 11.4 Å². The van der Waals surface area contributed by atoms with Crippen molar-refractivity contribution in [3.63, 3.8) is 0 Å². The van der Waals surface area contributed by atoms with Crippen LogP contribution in [0.25, 0.3) is 0 Å². The van der Waals surface area contributed by atoms with E-state index in [1.807, 2.05) is 0 Å². The van der Waals surface area contributed by atoms with Gasteiger partial charge in [-0.15, -0.1) is 0 Å². The van der Waals surface area contributed by atoms with Gasteiger partial charge in [0.25, 0.3) is 5.91 Å². The van der Waals surface area contributed by atoms with E-state index in [1.165, 1.54) is 11.1 Å². The van der Waals surface area contributed by atoms with Crippen LogP contribution in [-0.4, -0.2) is 29.7 Å². The molecule has 6 nitrogen and oxygen atoms in total. The third kappa shape index (κ3) is 3.32. The molecule has 1 heterocycles. The molecular formula is C19H16ClN3O3. The van der Waals surface area contributed by atoms with E-state index in [4.69, 9.17) is 11.6 Å². The fourth-order valence-electron chi connectivity index (χ4n) is 2.67. The van der Waals surface area contributed by atoms with Gasteiger partial charge in [-0.05, 0) is 37.3 Å². The van der Waals surface area contributed by atoms with Crippen LogP contribution >= 0.6 is 11.6 Å². The lowest BCUT2D eigenvalue weighted by Crippen LogP contribution is -2.23. The average Bonchev–Trinajstić information content (AvgIpc) is 2.90. The van der Waals surface area contributed by atoms with Crippen molar-refractivity contribution < 1.29 is 14.7 Å². The molecule has 0 saturated heterocycles. The number of aromatic carboxylic acids is 1. The number of nitrogens with zero attached hydrogens (tertiary/aromatic N) is 3. The number of benzene rings is 2. The second kappa shape index (κ2) is 7.01. The Morgan fingerprint density at radius 2 is 1.96 bits per heavy atom. The second-order valence-corrected chi connectivity index (χ2v) is 6.19. The van der Waals surface area contributed by atoms with Crippen molar-refractivity contribution in [1.29, 1.82) is 0 Å². The minimum absolute atomic E-state index is 0.151. The molecular weight excluding hydrogens is 354 g/mol. The van der Waals surface area contributed by atoms with Crippen LogP contribution < -0.4 is 9.91 Å². The molecule has 3 rings (SSSR count). The number of carbonyl (C=O) groups excluding carboxylic acids is 1. The summed E-state index contributed by atoms with van der Waals surface area (Å²) in [6, 6.07) is 13.5. The highest BCUT2D eigenvalue weighted by molar-refractivity contribution is 6.32. The van der Waals surface area contributed by atoms with Gasteiger partial charge in [0.05, 0.1) is 28.2 Å². The van der Waals surface area contributed by atoms with Gasteiger partial charge in [-0.25, -0.2) is 4.79 Å². The number of hydrogen-bond acceptors (Lipinski definition) is 4. The van der Waals surface area contributed by atoms with Crippen LogP contribution in [0.1, 0.15) is 17.3 Å². The number of halogens is 1. The number of amides is 1. The maximum atomic E-state index is 12.8. The van der Waals surface area contributed by atoms with E-state index in [9.17, 15) is 14.7 Å². The minimum atomic E-state index is -1.03. The van der Waals surface area contributed by atoms with Gasteiger partial charge in [0.15, 0.2) is 0 Å². The zero-order chi connectivity index (χ0) is 18.8. The summed E-state index contributed by atoms with van der Waals surface area (Å²) in [5.74, 6) is -1.33. The predicted molar refractivity (Wildman–Crippen MR) is 102 cm³/mol. The lowest BCUT2D eigenvalue weighted by Gasteiger charge is -2.18. The molecule has 0 aliphatic carbocycles. The number of para-hydroxylation sites is 1. The zero-order valence-corrected chi connectivity index (χ0v) is 14.9. The summed E-state index contributed by atoms with van der Waals surface area (Å²) in [5, 5.41) is 15.4. The highest BCUT2D eigenvalue weighted by atomic mass is 35.5. The summed E-state index contributed by atoms with van der Waals surface area (Å²) in [7, 11) is 1.69. The molecule has 1 N–H and O–H groups in total. The third-order valence-electron chi connectivity index (χ3n) is 3.95. The zero-order valence-electron chi connectivity index (χ0n) is 14.2. The summed E-state index contributed by atoms with van der Waals surface area (Å²) in [6.07, 6.45) is 1.59. The van der Waals surface area contributed by atoms with Crippen molar-refractivity contribution in [2.24, 2.45) is 5.10 Å². The van der Waals surface area contributed by atoms with Gasteiger partial charge >= 0.3 is 5.97 Å². The average molecular weight is 370 g/mol. The summed E-state index contributed by atoms with van der Waals surface area (Å²) >= 11 is 5.99. The normalized spacial score (nSPS) is 15.3. The van der Waals surface area contributed by atoms with Gasteiger partial charge in [-0.2, -0.15) is 10.1 Å². The van der Waals surface area contributed by atoms with Crippen molar-refractivity contribution >= 4 is 40.6 Å². The molecule has 0 radical (unpaired) electrons. The summed E-state index contributed by atoms with van der Waals surface area (Å²) in [6.45, 7) is 1.73. The van der Waals surface area contributed by atoms with E-state index in [0.717, 1.165) is 0 Å². The van der Waals surface area contributed by atoms with E-state index in [2.05, 4.69) is 5.10 Å². The maximum Gasteiger partial charge on any atom is 0.337 e. The molecule has 2 aromatic carbocycles. The smallest absolute Gasteiger partial charge is 0.337 e. The molecule has 26 heavy (non-hydrogen) atoms. The number of carbonyl (C=O) groups is 2. The van der Waals surface area contributed by atoms with Crippen LogP contribution in [0.5, 0.6) is 0 Å². The molecule has 0 bridgehead atoms. The van der Waals surface area contributed by atoms with Gasteiger partial charge < -0.3 is 10.0 Å². The first-order valence-corrected chi connectivity index (χ1v) is 8.19. The lowest BCUT2D eigenvalue weighted by atomic mass is 10.1. The Hall–Kier alpha value is -3.12. The molecule has 0 unspecified atom stereocenters. The first-order valence-electron chi connectivity index (χ1n) is 7.81. The Morgan fingerprint density at radius 1 is 1.23 bits per heavy atom. The van der Waals surface area contributed by atoms with Gasteiger partial charge in [0.1, 0.15) is 0 Å². The quantitative estimate of drug-likeness (QED) is 0.832. The fourth-order valence-corrected chi connectivity index (χ4v) is 2.86. The van der Waals surface area contributed by atoms with Crippen LogP contribution in [0.3, 0.4) is 0 Å². The highest BCUT2D eigenvalue weighted by Crippen LogP contribution is 2.27. The van der Waals surface area contributed by atoms with Crippen LogP contribution in [0.15, 0.2) is 65.4 Å². The number of hydrazone groups is 1. The molecule has 2 aromatic rings. The summed E-state index contributed by atoms with van der Waals surface area (Å²) in [4.78, 5) is 25.8. The first kappa shape index (κ1) is 17.7. The molecule has 0 fully saturated rings. The van der Waals surface area contributed by atoms with Crippen molar-refractivity contribution in [1.82, 2.24) is 0 Å². The topological polar surface area (TPSA) is 73.2 Å². The number of carboxylic acid groups (broad SMARTS) is 1. The minimum Gasteiger partial charge on any atom is -0.478 e. The van der Waals surface area contributed by atoms with Crippen molar-refractivity contribution in [2.45, 2.75) is 6.92 Å². The van der Waals surface area contributed by atoms with E-state index in [0.29, 0.717) is 27.7 Å². The van der Waals surface area contributed by atoms with Gasteiger partial charge in [0, 0.05) is 18.3 Å². The van der Waals surface area contributed by atoms with Crippen LogP contribution in [-0.2, 0) is 4.79 Å². The molecule has 1 aliphatic rings. The molecule has 1 amide bonds. The Labute approximate surface area is 155 Å². The van der Waals surface area contributed by atoms with Crippen LogP contribution in [0, 0.1) is 0 Å². The van der Waals surface area contributed by atoms with E-state index in [-0.39, 0.29) is 11.5 Å². The largest absolute Gasteiger partial charge is 0.478 e.